The Morgan fingerprint density at radius 1 is 0.358 bits per heavy atom. The Morgan fingerprint density at radius 2 is 0.604 bits per heavy atom. The number of hydrogen-bond acceptors (Lipinski definition) is 4. The SMILES string of the molecule is CC(C)(C)c1ccc(OP(=O)(Oc2ccc(C(C)(C)C)cc2-c2ccccc2)Oc2ccc(C(C)(C)C)cc2-c2ccccc2)c(-c2ccccc2)c1. The van der Waals surface area contributed by atoms with E-state index < -0.39 is 7.82 Å². The van der Waals surface area contributed by atoms with Gasteiger partial charge < -0.3 is 13.6 Å². The van der Waals surface area contributed by atoms with Crippen LogP contribution in [0, 0.1) is 0 Å². The number of benzene rings is 6. The van der Waals surface area contributed by atoms with Gasteiger partial charge in [-0.2, -0.15) is 4.57 Å². The molecule has 0 heterocycles. The van der Waals surface area contributed by atoms with E-state index in [1.54, 1.807) is 0 Å². The predicted octanol–water partition coefficient (Wildman–Crippen LogP) is 14.2. The van der Waals surface area contributed by atoms with Crippen molar-refractivity contribution in [2.75, 3.05) is 0 Å². The Bertz CT molecular complexity index is 1970. The third-order valence-electron chi connectivity index (χ3n) is 9.42. The molecule has 0 saturated carbocycles. The van der Waals surface area contributed by atoms with Crippen LogP contribution in [0.15, 0.2) is 146 Å². The minimum atomic E-state index is -4.49. The lowest BCUT2D eigenvalue weighted by Gasteiger charge is -2.26. The lowest BCUT2D eigenvalue weighted by molar-refractivity contribution is 0.299. The smallest absolute Gasteiger partial charge is 0.385 e. The number of phosphoric acid groups is 1. The Hall–Kier alpha value is -5.05. The zero-order chi connectivity index (χ0) is 38.0. The first-order chi connectivity index (χ1) is 25.0. The van der Waals surface area contributed by atoms with Gasteiger partial charge in [-0.25, -0.2) is 0 Å². The molecule has 0 unspecified atom stereocenters. The maximum absolute atomic E-state index is 15.7. The molecule has 0 saturated heterocycles. The molecule has 272 valence electrons. The lowest BCUT2D eigenvalue weighted by Crippen LogP contribution is -2.14. The van der Waals surface area contributed by atoms with E-state index in [1.165, 1.54) is 0 Å². The van der Waals surface area contributed by atoms with Crippen LogP contribution in [-0.4, -0.2) is 0 Å². The van der Waals surface area contributed by atoms with Crippen LogP contribution in [0.2, 0.25) is 0 Å². The fraction of sp³-hybridized carbons (Fsp3) is 0.250. The summed E-state index contributed by atoms with van der Waals surface area (Å²) in [6.45, 7) is 19.6. The second-order valence-electron chi connectivity index (χ2n) is 16.7. The molecule has 5 heteroatoms. The van der Waals surface area contributed by atoms with Gasteiger partial charge >= 0.3 is 7.82 Å². The highest BCUT2D eigenvalue weighted by Gasteiger charge is 2.37. The van der Waals surface area contributed by atoms with E-state index in [4.69, 9.17) is 13.6 Å². The molecule has 6 aromatic rings. The summed E-state index contributed by atoms with van der Waals surface area (Å²) in [6, 6.07) is 48.0. The van der Waals surface area contributed by atoms with Crippen molar-refractivity contribution in [3.8, 4) is 50.6 Å². The Labute approximate surface area is 316 Å². The van der Waals surface area contributed by atoms with Crippen LogP contribution in [0.25, 0.3) is 33.4 Å². The lowest BCUT2D eigenvalue weighted by atomic mass is 9.85. The van der Waals surface area contributed by atoms with Crippen molar-refractivity contribution in [2.24, 2.45) is 0 Å². The molecule has 6 rings (SSSR count). The van der Waals surface area contributed by atoms with Crippen molar-refractivity contribution >= 4 is 7.82 Å². The first-order valence-corrected chi connectivity index (χ1v) is 19.7. The van der Waals surface area contributed by atoms with Crippen molar-refractivity contribution in [2.45, 2.75) is 78.6 Å². The molecule has 0 aliphatic rings. The average Bonchev–Trinajstić information content (AvgIpc) is 3.11. The molecule has 0 spiro atoms. The topological polar surface area (TPSA) is 44.8 Å². The van der Waals surface area contributed by atoms with E-state index in [1.807, 2.05) is 127 Å². The highest BCUT2D eigenvalue weighted by atomic mass is 31.2. The molecule has 0 N–H and O–H groups in total. The van der Waals surface area contributed by atoms with Gasteiger partial charge in [0.05, 0.1) is 0 Å². The van der Waals surface area contributed by atoms with Crippen LogP contribution in [0.4, 0.5) is 0 Å². The monoisotopic (exact) mass is 722 g/mol. The fourth-order valence-corrected chi connectivity index (χ4v) is 7.49. The number of rotatable bonds is 9. The molecule has 0 fully saturated rings. The highest BCUT2D eigenvalue weighted by molar-refractivity contribution is 7.49. The molecule has 0 aliphatic carbocycles. The van der Waals surface area contributed by atoms with Crippen molar-refractivity contribution in [3.63, 3.8) is 0 Å². The van der Waals surface area contributed by atoms with Gasteiger partial charge in [0, 0.05) is 16.7 Å². The zero-order valence-corrected chi connectivity index (χ0v) is 33.3. The quantitative estimate of drug-likeness (QED) is 0.139. The summed E-state index contributed by atoms with van der Waals surface area (Å²) in [6.07, 6.45) is 0. The van der Waals surface area contributed by atoms with Crippen LogP contribution >= 0.6 is 7.82 Å². The molecule has 4 nitrogen and oxygen atoms in total. The first-order valence-electron chi connectivity index (χ1n) is 18.3. The predicted molar refractivity (Wildman–Crippen MR) is 221 cm³/mol. The van der Waals surface area contributed by atoms with Gasteiger partial charge in [0.25, 0.3) is 0 Å². The molecule has 0 aromatic heterocycles. The Balaban J connectivity index is 1.55. The van der Waals surface area contributed by atoms with Crippen molar-refractivity contribution in [3.05, 3.63) is 162 Å². The molecule has 0 bridgehead atoms. The van der Waals surface area contributed by atoms with Crippen LogP contribution in [0.1, 0.15) is 79.0 Å². The minimum Gasteiger partial charge on any atom is -0.385 e. The molecule has 6 aromatic carbocycles. The summed E-state index contributed by atoms with van der Waals surface area (Å²) in [7, 11) is -4.49. The fourth-order valence-electron chi connectivity index (χ4n) is 6.18. The van der Waals surface area contributed by atoms with Gasteiger partial charge in [-0.3, -0.25) is 0 Å². The highest BCUT2D eigenvalue weighted by Crippen LogP contribution is 2.55. The normalized spacial score (nSPS) is 12.3. The number of phosphoric ester groups is 1. The Morgan fingerprint density at radius 3 is 0.830 bits per heavy atom. The summed E-state index contributed by atoms with van der Waals surface area (Å²) in [5.74, 6) is 1.19. The third kappa shape index (κ3) is 8.95. The van der Waals surface area contributed by atoms with E-state index in [9.17, 15) is 0 Å². The van der Waals surface area contributed by atoms with E-state index in [-0.39, 0.29) is 16.2 Å². The molecular weight excluding hydrogens is 671 g/mol. The molecule has 53 heavy (non-hydrogen) atoms. The standard InChI is InChI=1S/C48H51O4P/c1-46(2,3)37-25-28-43(40(31-37)34-19-13-10-14-20-34)50-53(49,51-44-29-26-38(47(4,5)6)32-41(44)35-21-15-11-16-22-35)52-45-30-27-39(48(7,8)9)33-42(45)36-23-17-12-18-24-36/h10-33H,1-9H3. The van der Waals surface area contributed by atoms with Crippen LogP contribution < -0.4 is 13.6 Å². The molecule has 0 atom stereocenters. The summed E-state index contributed by atoms with van der Waals surface area (Å²) in [4.78, 5) is 0. The second-order valence-corrected chi connectivity index (χ2v) is 18.1. The summed E-state index contributed by atoms with van der Waals surface area (Å²) < 4.78 is 35.6. The second kappa shape index (κ2) is 14.8. The van der Waals surface area contributed by atoms with E-state index in [2.05, 4.69) is 80.5 Å². The van der Waals surface area contributed by atoms with Crippen LogP contribution in [-0.2, 0) is 20.8 Å². The van der Waals surface area contributed by atoms with Crippen LogP contribution in [0.3, 0.4) is 0 Å². The molecular formula is C48H51O4P. The van der Waals surface area contributed by atoms with Crippen molar-refractivity contribution in [1.29, 1.82) is 0 Å². The van der Waals surface area contributed by atoms with Gasteiger partial charge in [0.1, 0.15) is 17.2 Å². The minimum absolute atomic E-state index is 0.127. The summed E-state index contributed by atoms with van der Waals surface area (Å²) in [5.41, 5.74) is 8.15. The van der Waals surface area contributed by atoms with Crippen LogP contribution in [0.5, 0.6) is 17.2 Å². The summed E-state index contributed by atoms with van der Waals surface area (Å²) in [5, 5.41) is 0. The largest absolute Gasteiger partial charge is 0.647 e. The van der Waals surface area contributed by atoms with Gasteiger partial charge in [0.15, 0.2) is 0 Å². The summed E-state index contributed by atoms with van der Waals surface area (Å²) >= 11 is 0. The molecule has 0 amide bonds. The Kier molecular flexibility index (Phi) is 10.5. The van der Waals surface area contributed by atoms with Gasteiger partial charge in [-0.05, 0) is 86.0 Å². The maximum atomic E-state index is 15.7. The van der Waals surface area contributed by atoms with E-state index in [0.717, 1.165) is 50.1 Å². The van der Waals surface area contributed by atoms with Crippen molar-refractivity contribution < 1.29 is 18.1 Å². The van der Waals surface area contributed by atoms with E-state index >= 15 is 4.57 Å². The number of hydrogen-bond donors (Lipinski definition) is 0. The maximum Gasteiger partial charge on any atom is 0.647 e. The van der Waals surface area contributed by atoms with Crippen molar-refractivity contribution in [1.82, 2.24) is 0 Å². The van der Waals surface area contributed by atoms with Gasteiger partial charge in [-0.1, -0.05) is 172 Å². The van der Waals surface area contributed by atoms with E-state index in [0.29, 0.717) is 17.2 Å². The third-order valence-corrected chi connectivity index (χ3v) is 10.7. The average molecular weight is 723 g/mol. The first kappa shape index (κ1) is 37.7. The van der Waals surface area contributed by atoms with Gasteiger partial charge in [-0.15, -0.1) is 0 Å². The zero-order valence-electron chi connectivity index (χ0n) is 32.4. The van der Waals surface area contributed by atoms with Gasteiger partial charge in [0.2, 0.25) is 0 Å². The molecule has 0 aliphatic heterocycles. The molecule has 0 radical (unpaired) electrons.